The number of aromatic nitrogens is 1. The fourth-order valence-electron chi connectivity index (χ4n) is 3.06. The van der Waals surface area contributed by atoms with Gasteiger partial charge in [-0.25, -0.2) is 9.78 Å². The summed E-state index contributed by atoms with van der Waals surface area (Å²) in [6, 6.07) is -0.933. The second-order valence-corrected chi connectivity index (χ2v) is 9.04. The van der Waals surface area contributed by atoms with E-state index in [9.17, 15) is 24.0 Å². The summed E-state index contributed by atoms with van der Waals surface area (Å²) in [7, 11) is 0. The molecule has 182 valence electrons. The molecule has 0 saturated carbocycles. The lowest BCUT2D eigenvalue weighted by molar-refractivity contribution is -0.157. The lowest BCUT2D eigenvalue weighted by Gasteiger charge is -2.27. The lowest BCUT2D eigenvalue weighted by atomic mass is 10.1. The van der Waals surface area contributed by atoms with Gasteiger partial charge >= 0.3 is 11.9 Å². The summed E-state index contributed by atoms with van der Waals surface area (Å²) in [6.45, 7) is 8.16. The highest BCUT2D eigenvalue weighted by molar-refractivity contribution is 7.09. The maximum atomic E-state index is 12.9. The molecule has 2 rings (SSSR count). The third-order valence-corrected chi connectivity index (χ3v) is 5.66. The number of hydrogen-bond donors (Lipinski definition) is 0. The highest BCUT2D eigenvalue weighted by atomic mass is 32.1. The quantitative estimate of drug-likeness (QED) is 0.596. The van der Waals surface area contributed by atoms with Crippen LogP contribution < -0.4 is 0 Å². The number of amides is 1. The second kappa shape index (κ2) is 12.2. The minimum atomic E-state index is -1.13. The van der Waals surface area contributed by atoms with Crippen molar-refractivity contribution in [3.05, 3.63) is 46.0 Å². The second-order valence-electron chi connectivity index (χ2n) is 7.98. The van der Waals surface area contributed by atoms with Crippen LogP contribution in [-0.4, -0.2) is 64.1 Å². The Morgan fingerprint density at radius 2 is 1.74 bits per heavy atom. The third-order valence-electron chi connectivity index (χ3n) is 4.87. The molecule has 0 N–H and O–H groups in total. The van der Waals surface area contributed by atoms with Crippen molar-refractivity contribution < 1.29 is 33.4 Å². The van der Waals surface area contributed by atoms with E-state index in [0.717, 1.165) is 40.6 Å². The Kier molecular flexibility index (Phi) is 9.61. The summed E-state index contributed by atoms with van der Waals surface area (Å²) in [6.07, 6.45) is 3.65. The van der Waals surface area contributed by atoms with Gasteiger partial charge < -0.3 is 14.4 Å². The standard InChI is InChI=1S/C24H28N2O7S/c1-14(10-19-13-34-18(5)25-19)12-26-16(3)20(27)7-9-23(30)32-15(2)11-24(31)33-17(4)21(28)6-8-22(26)29/h6-10,13,15-17H,11-12H2,1-5H3/b8-6+,9-7+,14-10+/t15-,16-,17-/m0/s1. The van der Waals surface area contributed by atoms with Crippen molar-refractivity contribution in [2.45, 2.75) is 59.3 Å². The Morgan fingerprint density at radius 3 is 2.38 bits per heavy atom. The minimum Gasteiger partial charge on any atom is -0.459 e. The highest BCUT2D eigenvalue weighted by Crippen LogP contribution is 2.15. The molecule has 9 nitrogen and oxygen atoms in total. The Hall–Kier alpha value is -3.40. The van der Waals surface area contributed by atoms with E-state index >= 15 is 0 Å². The van der Waals surface area contributed by atoms with Crippen LogP contribution in [0.1, 0.15) is 44.8 Å². The van der Waals surface area contributed by atoms with Crippen LogP contribution in [0.3, 0.4) is 0 Å². The summed E-state index contributed by atoms with van der Waals surface area (Å²) in [5, 5.41) is 2.77. The summed E-state index contributed by atoms with van der Waals surface area (Å²) < 4.78 is 10.1. The molecule has 0 spiro atoms. The zero-order chi connectivity index (χ0) is 25.4. The first kappa shape index (κ1) is 26.8. The van der Waals surface area contributed by atoms with Crippen LogP contribution in [0.2, 0.25) is 0 Å². The number of carbonyl (C=O) groups is 5. The number of aryl methyl sites for hydroxylation is 1. The first-order chi connectivity index (χ1) is 16.0. The van der Waals surface area contributed by atoms with Crippen LogP contribution in [0.4, 0.5) is 0 Å². The molecular weight excluding hydrogens is 460 g/mol. The van der Waals surface area contributed by atoms with Gasteiger partial charge in [0, 0.05) is 24.1 Å². The first-order valence-corrected chi connectivity index (χ1v) is 11.6. The number of carbonyl (C=O) groups excluding carboxylic acids is 5. The Balaban J connectivity index is 2.35. The zero-order valence-electron chi connectivity index (χ0n) is 19.8. The van der Waals surface area contributed by atoms with Crippen molar-refractivity contribution in [1.82, 2.24) is 9.88 Å². The van der Waals surface area contributed by atoms with E-state index in [-0.39, 0.29) is 13.0 Å². The van der Waals surface area contributed by atoms with Crippen LogP contribution in [0.5, 0.6) is 0 Å². The van der Waals surface area contributed by atoms with Gasteiger partial charge in [-0.3, -0.25) is 19.2 Å². The average molecular weight is 489 g/mol. The molecule has 0 aromatic carbocycles. The van der Waals surface area contributed by atoms with Gasteiger partial charge in [0.1, 0.15) is 6.10 Å². The molecule has 0 bridgehead atoms. The number of hydrogen-bond acceptors (Lipinski definition) is 9. The molecule has 0 fully saturated rings. The number of ketones is 2. The number of rotatable bonds is 3. The molecule has 2 heterocycles. The molecule has 1 aromatic rings. The highest BCUT2D eigenvalue weighted by Gasteiger charge is 2.25. The summed E-state index contributed by atoms with van der Waals surface area (Å²) in [4.78, 5) is 67.6. The van der Waals surface area contributed by atoms with E-state index in [0.29, 0.717) is 0 Å². The van der Waals surface area contributed by atoms with Crippen LogP contribution in [0.25, 0.3) is 6.08 Å². The van der Waals surface area contributed by atoms with E-state index < -0.39 is 47.7 Å². The molecule has 1 amide bonds. The molecule has 0 aliphatic carbocycles. The molecule has 0 radical (unpaired) electrons. The number of esters is 2. The lowest BCUT2D eigenvalue weighted by Crippen LogP contribution is -2.43. The van der Waals surface area contributed by atoms with Crippen LogP contribution in [-0.2, 0) is 33.4 Å². The summed E-state index contributed by atoms with van der Waals surface area (Å²) in [5.74, 6) is -3.24. The van der Waals surface area contributed by atoms with Crippen molar-refractivity contribution in [3.8, 4) is 0 Å². The zero-order valence-corrected chi connectivity index (χ0v) is 20.6. The number of thiazole rings is 1. The van der Waals surface area contributed by atoms with Crippen LogP contribution in [0.15, 0.2) is 35.3 Å². The van der Waals surface area contributed by atoms with Crippen molar-refractivity contribution in [2.24, 2.45) is 0 Å². The van der Waals surface area contributed by atoms with E-state index in [2.05, 4.69) is 4.98 Å². The van der Waals surface area contributed by atoms with Crippen LogP contribution >= 0.6 is 11.3 Å². The van der Waals surface area contributed by atoms with E-state index in [1.807, 2.05) is 12.3 Å². The van der Waals surface area contributed by atoms with Gasteiger partial charge in [-0.05, 0) is 52.8 Å². The molecule has 10 heteroatoms. The van der Waals surface area contributed by atoms with E-state index in [1.165, 1.54) is 37.0 Å². The average Bonchev–Trinajstić information content (AvgIpc) is 3.16. The number of cyclic esters (lactones) is 2. The maximum Gasteiger partial charge on any atom is 0.331 e. The van der Waals surface area contributed by atoms with Crippen LogP contribution in [0, 0.1) is 6.92 Å². The van der Waals surface area contributed by atoms with E-state index in [1.54, 1.807) is 13.0 Å². The fraction of sp³-hybridized carbons (Fsp3) is 0.417. The Labute approximate surface area is 202 Å². The van der Waals surface area contributed by atoms with Crippen molar-refractivity contribution in [2.75, 3.05) is 6.54 Å². The predicted octanol–water partition coefficient (Wildman–Crippen LogP) is 2.59. The smallest absolute Gasteiger partial charge is 0.331 e. The van der Waals surface area contributed by atoms with Crippen molar-refractivity contribution in [1.29, 1.82) is 0 Å². The normalized spacial score (nSPS) is 25.7. The molecule has 3 atom stereocenters. The first-order valence-electron chi connectivity index (χ1n) is 10.7. The third kappa shape index (κ3) is 8.18. The molecule has 1 aliphatic heterocycles. The molecule has 34 heavy (non-hydrogen) atoms. The monoisotopic (exact) mass is 488 g/mol. The van der Waals surface area contributed by atoms with Gasteiger partial charge in [0.05, 0.1) is 23.2 Å². The Bertz CT molecular complexity index is 1050. The minimum absolute atomic E-state index is 0.0840. The van der Waals surface area contributed by atoms with Gasteiger partial charge in [0.15, 0.2) is 17.7 Å². The Morgan fingerprint density at radius 1 is 1.06 bits per heavy atom. The van der Waals surface area contributed by atoms with Crippen molar-refractivity contribution in [3.63, 3.8) is 0 Å². The molecule has 1 aliphatic rings. The van der Waals surface area contributed by atoms with E-state index in [4.69, 9.17) is 9.47 Å². The molecule has 0 saturated heterocycles. The fourth-order valence-corrected chi connectivity index (χ4v) is 3.63. The van der Waals surface area contributed by atoms with Gasteiger partial charge in [0.25, 0.3) is 0 Å². The topological polar surface area (TPSA) is 120 Å². The number of ether oxygens (including phenoxy) is 2. The molecular formula is C24H28N2O7S. The SMILES string of the molecule is C/C(=C\c1csc(C)n1)CN1C(=O)/C=C/C(=O)[C@H](C)OC(=O)C[C@H](C)OC(=O)/C=C/C(=O)[C@@H]1C. The van der Waals surface area contributed by atoms with Crippen molar-refractivity contribution >= 4 is 46.8 Å². The molecule has 1 aromatic heterocycles. The van der Waals surface area contributed by atoms with Gasteiger partial charge in [-0.15, -0.1) is 11.3 Å². The largest absolute Gasteiger partial charge is 0.459 e. The summed E-state index contributed by atoms with van der Waals surface area (Å²) >= 11 is 1.49. The molecule has 0 unspecified atom stereocenters. The summed E-state index contributed by atoms with van der Waals surface area (Å²) in [5.41, 5.74) is 1.49. The van der Waals surface area contributed by atoms with Gasteiger partial charge in [-0.1, -0.05) is 5.57 Å². The predicted molar refractivity (Wildman–Crippen MR) is 126 cm³/mol. The van der Waals surface area contributed by atoms with Gasteiger partial charge in [0.2, 0.25) is 5.91 Å². The van der Waals surface area contributed by atoms with Gasteiger partial charge in [-0.2, -0.15) is 0 Å². The maximum absolute atomic E-state index is 12.9. The number of nitrogens with zero attached hydrogens (tertiary/aromatic N) is 2.